The van der Waals surface area contributed by atoms with E-state index in [2.05, 4.69) is 5.32 Å². The molecule has 2 aromatic rings. The van der Waals surface area contributed by atoms with Crippen LogP contribution in [0.15, 0.2) is 41.8 Å². The fourth-order valence-corrected chi connectivity index (χ4v) is 2.94. The lowest BCUT2D eigenvalue weighted by atomic mass is 10.2. The Kier molecular flexibility index (Phi) is 7.13. The zero-order valence-corrected chi connectivity index (χ0v) is 15.7. The summed E-state index contributed by atoms with van der Waals surface area (Å²) in [7, 11) is 0. The monoisotopic (exact) mass is 388 g/mol. The highest BCUT2D eigenvalue weighted by molar-refractivity contribution is 7.14. The molecule has 1 heterocycles. The van der Waals surface area contributed by atoms with Crippen molar-refractivity contribution in [1.82, 2.24) is 0 Å². The molecule has 1 aromatic carbocycles. The van der Waals surface area contributed by atoms with E-state index in [1.165, 1.54) is 19.1 Å². The van der Waals surface area contributed by atoms with Crippen molar-refractivity contribution in [2.24, 2.45) is 5.73 Å². The van der Waals surface area contributed by atoms with Gasteiger partial charge in [0.15, 0.2) is 6.10 Å². The largest absolute Gasteiger partial charge is 0.493 e. The summed E-state index contributed by atoms with van der Waals surface area (Å²) < 4.78 is 10.6. The van der Waals surface area contributed by atoms with Gasteiger partial charge in [-0.2, -0.15) is 0 Å². The first kappa shape index (κ1) is 20.2. The lowest BCUT2D eigenvalue weighted by Crippen LogP contribution is -2.29. The summed E-state index contributed by atoms with van der Waals surface area (Å²) in [6.07, 6.45) is 1.73. The fourth-order valence-electron chi connectivity index (χ4n) is 2.14. The summed E-state index contributed by atoms with van der Waals surface area (Å²) in [5.74, 6) is -1.24. The molecule has 142 valence electrons. The number of carbonyl (C=O) groups is 3. The van der Waals surface area contributed by atoms with Crippen molar-refractivity contribution in [3.8, 4) is 5.75 Å². The Bertz CT molecular complexity index is 859. The van der Waals surface area contributed by atoms with Gasteiger partial charge in [-0.25, -0.2) is 4.79 Å². The average molecular weight is 388 g/mol. The van der Waals surface area contributed by atoms with Gasteiger partial charge in [0.05, 0.1) is 12.2 Å². The van der Waals surface area contributed by atoms with Crippen LogP contribution in [-0.2, 0) is 14.3 Å². The summed E-state index contributed by atoms with van der Waals surface area (Å²) >= 11 is 1.16. The topological polar surface area (TPSA) is 108 Å². The first-order valence-electron chi connectivity index (χ1n) is 8.21. The molecule has 0 saturated heterocycles. The SMILES string of the molecule is CCOc1ccccc1/C=C/C(=O)O[C@H](C)C(=O)Nc1sccc1C(N)=O. The van der Waals surface area contributed by atoms with Gasteiger partial charge >= 0.3 is 5.97 Å². The smallest absolute Gasteiger partial charge is 0.331 e. The molecule has 0 fully saturated rings. The maximum absolute atomic E-state index is 12.2. The van der Waals surface area contributed by atoms with Gasteiger partial charge in [-0.05, 0) is 37.4 Å². The van der Waals surface area contributed by atoms with Crippen molar-refractivity contribution < 1.29 is 23.9 Å². The summed E-state index contributed by atoms with van der Waals surface area (Å²) in [5, 5.41) is 4.48. The van der Waals surface area contributed by atoms with Crippen LogP contribution >= 0.6 is 11.3 Å². The first-order chi connectivity index (χ1) is 12.9. The summed E-state index contributed by atoms with van der Waals surface area (Å²) in [6, 6.07) is 8.76. The van der Waals surface area contributed by atoms with Crippen LogP contribution in [0.2, 0.25) is 0 Å². The molecule has 1 atom stereocenters. The lowest BCUT2D eigenvalue weighted by Gasteiger charge is -2.12. The second-order valence-electron chi connectivity index (χ2n) is 5.40. The van der Waals surface area contributed by atoms with Crippen LogP contribution in [0.4, 0.5) is 5.00 Å². The van der Waals surface area contributed by atoms with E-state index in [0.717, 1.165) is 16.9 Å². The van der Waals surface area contributed by atoms with Crippen molar-refractivity contribution in [1.29, 1.82) is 0 Å². The van der Waals surface area contributed by atoms with Crippen LogP contribution in [0.1, 0.15) is 29.8 Å². The summed E-state index contributed by atoms with van der Waals surface area (Å²) in [5.41, 5.74) is 6.16. The van der Waals surface area contributed by atoms with Crippen LogP contribution < -0.4 is 15.8 Å². The van der Waals surface area contributed by atoms with Gasteiger partial charge in [0.25, 0.3) is 11.8 Å². The standard InChI is InChI=1S/C19H20N2O5S/c1-3-25-15-7-5-4-6-13(15)8-9-16(22)26-12(2)18(24)21-19-14(17(20)23)10-11-27-19/h4-12H,3H2,1-2H3,(H2,20,23)(H,21,24)/b9-8+/t12-/m1/s1. The normalized spacial score (nSPS) is 11.8. The molecule has 0 radical (unpaired) electrons. The third-order valence-corrected chi connectivity index (χ3v) is 4.28. The van der Waals surface area contributed by atoms with Gasteiger partial charge in [-0.15, -0.1) is 11.3 Å². The zero-order valence-electron chi connectivity index (χ0n) is 14.9. The van der Waals surface area contributed by atoms with Crippen molar-refractivity contribution >= 4 is 40.2 Å². The molecule has 0 aliphatic heterocycles. The van der Waals surface area contributed by atoms with Crippen LogP contribution in [0.25, 0.3) is 6.08 Å². The minimum absolute atomic E-state index is 0.208. The summed E-state index contributed by atoms with van der Waals surface area (Å²) in [4.78, 5) is 35.4. The molecule has 2 rings (SSSR count). The number of thiophene rings is 1. The van der Waals surface area contributed by atoms with Crippen LogP contribution in [0.5, 0.6) is 5.75 Å². The van der Waals surface area contributed by atoms with Crippen molar-refractivity contribution in [3.05, 3.63) is 52.9 Å². The molecule has 0 bridgehead atoms. The Labute approximate surface area is 160 Å². The van der Waals surface area contributed by atoms with Crippen LogP contribution in [-0.4, -0.2) is 30.5 Å². The number of hydrogen-bond acceptors (Lipinski definition) is 6. The van der Waals surface area contributed by atoms with E-state index in [4.69, 9.17) is 15.2 Å². The quantitative estimate of drug-likeness (QED) is 0.534. The molecule has 0 aliphatic rings. The van der Waals surface area contributed by atoms with Gasteiger partial charge in [0, 0.05) is 11.6 Å². The molecule has 0 unspecified atom stereocenters. The Morgan fingerprint density at radius 1 is 1.26 bits per heavy atom. The van der Waals surface area contributed by atoms with Gasteiger partial charge < -0.3 is 20.5 Å². The van der Waals surface area contributed by atoms with E-state index in [1.54, 1.807) is 23.6 Å². The number of anilines is 1. The number of nitrogens with two attached hydrogens (primary N) is 1. The lowest BCUT2D eigenvalue weighted by molar-refractivity contribution is -0.148. The first-order valence-corrected chi connectivity index (χ1v) is 9.09. The molecule has 0 aliphatic carbocycles. The number of benzene rings is 1. The number of esters is 1. The molecule has 0 spiro atoms. The van der Waals surface area contributed by atoms with Gasteiger partial charge in [0.2, 0.25) is 0 Å². The van der Waals surface area contributed by atoms with Gasteiger partial charge in [0.1, 0.15) is 10.8 Å². The number of rotatable bonds is 8. The van der Waals surface area contributed by atoms with Crippen molar-refractivity contribution in [2.75, 3.05) is 11.9 Å². The number of amides is 2. The number of nitrogens with one attached hydrogen (secondary N) is 1. The Balaban J connectivity index is 1.96. The maximum atomic E-state index is 12.2. The second-order valence-corrected chi connectivity index (χ2v) is 6.32. The average Bonchev–Trinajstić information content (AvgIpc) is 3.09. The number of primary amides is 1. The summed E-state index contributed by atoms with van der Waals surface area (Å²) in [6.45, 7) is 3.81. The van der Waals surface area contributed by atoms with E-state index in [9.17, 15) is 14.4 Å². The van der Waals surface area contributed by atoms with Gasteiger partial charge in [-0.3, -0.25) is 9.59 Å². The minimum atomic E-state index is -1.05. The predicted molar refractivity (Wildman–Crippen MR) is 104 cm³/mol. The third kappa shape index (κ3) is 5.68. The van der Waals surface area contributed by atoms with Crippen LogP contribution in [0, 0.1) is 0 Å². The number of carbonyl (C=O) groups excluding carboxylic acids is 3. The fraction of sp³-hybridized carbons (Fsp3) is 0.211. The zero-order chi connectivity index (χ0) is 19.8. The molecule has 0 saturated carbocycles. The molecule has 3 N–H and O–H groups in total. The highest BCUT2D eigenvalue weighted by Crippen LogP contribution is 2.23. The molecule has 27 heavy (non-hydrogen) atoms. The van der Waals surface area contributed by atoms with Crippen molar-refractivity contribution in [3.63, 3.8) is 0 Å². The third-order valence-electron chi connectivity index (χ3n) is 3.45. The number of para-hydroxylation sites is 1. The predicted octanol–water partition coefficient (Wildman–Crippen LogP) is 2.83. The molecule has 1 aromatic heterocycles. The Hall–Kier alpha value is -3.13. The van der Waals surface area contributed by atoms with E-state index >= 15 is 0 Å². The van der Waals surface area contributed by atoms with E-state index in [1.807, 2.05) is 19.1 Å². The molecular formula is C19H20N2O5S. The maximum Gasteiger partial charge on any atom is 0.331 e. The second kappa shape index (κ2) is 9.54. The highest BCUT2D eigenvalue weighted by Gasteiger charge is 2.19. The Morgan fingerprint density at radius 3 is 2.70 bits per heavy atom. The van der Waals surface area contributed by atoms with E-state index in [0.29, 0.717) is 17.4 Å². The van der Waals surface area contributed by atoms with Crippen molar-refractivity contribution in [2.45, 2.75) is 20.0 Å². The highest BCUT2D eigenvalue weighted by atomic mass is 32.1. The van der Waals surface area contributed by atoms with E-state index < -0.39 is 23.9 Å². The Morgan fingerprint density at radius 2 is 2.00 bits per heavy atom. The molecule has 7 nitrogen and oxygen atoms in total. The molecule has 8 heteroatoms. The minimum Gasteiger partial charge on any atom is -0.493 e. The van der Waals surface area contributed by atoms with Crippen LogP contribution in [0.3, 0.4) is 0 Å². The van der Waals surface area contributed by atoms with E-state index in [-0.39, 0.29) is 5.56 Å². The molecular weight excluding hydrogens is 368 g/mol. The number of ether oxygens (including phenoxy) is 2. The number of hydrogen-bond donors (Lipinski definition) is 2. The molecule has 2 amide bonds. The van der Waals surface area contributed by atoms with Gasteiger partial charge in [-0.1, -0.05) is 18.2 Å².